The van der Waals surface area contributed by atoms with E-state index < -0.39 is 6.10 Å². The molecular weight excluding hydrogens is 230 g/mol. The molecule has 1 atom stereocenters. The smallest absolute Gasteiger partial charge is 0.267 e. The summed E-state index contributed by atoms with van der Waals surface area (Å²) >= 11 is 0. The number of rotatable bonds is 3. The molecule has 0 saturated heterocycles. The second-order valence-electron chi connectivity index (χ2n) is 4.78. The lowest BCUT2D eigenvalue weighted by Gasteiger charge is -2.33. The topological polar surface area (TPSA) is 58.8 Å². The van der Waals surface area contributed by atoms with Crippen molar-refractivity contribution in [2.75, 3.05) is 37.8 Å². The van der Waals surface area contributed by atoms with Crippen molar-refractivity contribution < 1.29 is 9.53 Å². The lowest BCUT2D eigenvalue weighted by molar-refractivity contribution is -0.125. The van der Waals surface area contributed by atoms with E-state index in [1.54, 1.807) is 24.0 Å². The first-order valence-corrected chi connectivity index (χ1v) is 6.01. The van der Waals surface area contributed by atoms with Crippen molar-refractivity contribution in [1.82, 2.24) is 4.90 Å². The molecule has 5 nitrogen and oxygen atoms in total. The van der Waals surface area contributed by atoms with E-state index in [4.69, 9.17) is 10.5 Å². The summed E-state index contributed by atoms with van der Waals surface area (Å²) in [6, 6.07) is 5.39. The maximum Gasteiger partial charge on any atom is 0.267 e. The number of nitrogen functional groups attached to an aromatic ring is 1. The van der Waals surface area contributed by atoms with Crippen LogP contribution in [0, 0.1) is 0 Å². The highest BCUT2D eigenvalue weighted by Crippen LogP contribution is 2.35. The van der Waals surface area contributed by atoms with Gasteiger partial charge in [-0.3, -0.25) is 4.79 Å². The average molecular weight is 249 g/mol. The van der Waals surface area contributed by atoms with Gasteiger partial charge in [-0.1, -0.05) is 0 Å². The monoisotopic (exact) mass is 249 g/mol. The van der Waals surface area contributed by atoms with Gasteiger partial charge in [0.25, 0.3) is 5.91 Å². The zero-order valence-corrected chi connectivity index (χ0v) is 11.0. The molecule has 0 bridgehead atoms. The molecule has 0 aromatic heterocycles. The highest BCUT2D eigenvalue weighted by Gasteiger charge is 2.31. The number of ether oxygens (including phenoxy) is 1. The van der Waals surface area contributed by atoms with E-state index in [2.05, 4.69) is 0 Å². The summed E-state index contributed by atoms with van der Waals surface area (Å²) in [5.74, 6) is 0.699. The van der Waals surface area contributed by atoms with E-state index in [0.717, 1.165) is 18.0 Å². The third-order valence-electron chi connectivity index (χ3n) is 2.96. The molecule has 1 heterocycles. The van der Waals surface area contributed by atoms with Gasteiger partial charge in [-0.05, 0) is 39.2 Å². The Kier molecular flexibility index (Phi) is 3.43. The molecule has 2 N–H and O–H groups in total. The molecule has 1 aliphatic heterocycles. The third-order valence-corrected chi connectivity index (χ3v) is 2.96. The summed E-state index contributed by atoms with van der Waals surface area (Å²) in [6.07, 6.45) is -0.441. The van der Waals surface area contributed by atoms with Gasteiger partial charge in [0.15, 0.2) is 6.10 Å². The Bertz CT molecular complexity index is 460. The van der Waals surface area contributed by atoms with Crippen molar-refractivity contribution in [3.63, 3.8) is 0 Å². The lowest BCUT2D eigenvalue weighted by Crippen LogP contribution is -2.46. The number of benzene rings is 1. The minimum absolute atomic E-state index is 0.0186. The van der Waals surface area contributed by atoms with Gasteiger partial charge < -0.3 is 20.3 Å². The Balaban J connectivity index is 2.31. The zero-order chi connectivity index (χ0) is 13.3. The fourth-order valence-corrected chi connectivity index (χ4v) is 1.95. The van der Waals surface area contributed by atoms with Crippen molar-refractivity contribution >= 4 is 17.3 Å². The standard InChI is InChI=1S/C13H19N3O2/c1-9-13(17)16(7-6-15(2)3)11-8-10(14)4-5-12(11)18-9/h4-5,8-9H,6-7,14H2,1-3H3. The molecule has 2 rings (SSSR count). The summed E-state index contributed by atoms with van der Waals surface area (Å²) in [5, 5.41) is 0. The number of carbonyl (C=O) groups is 1. The number of nitrogens with two attached hydrogens (primary N) is 1. The summed E-state index contributed by atoms with van der Waals surface area (Å²) in [7, 11) is 3.96. The molecule has 1 aromatic carbocycles. The first-order chi connectivity index (χ1) is 8.49. The van der Waals surface area contributed by atoms with E-state index in [1.165, 1.54) is 0 Å². The molecule has 0 spiro atoms. The van der Waals surface area contributed by atoms with E-state index in [9.17, 15) is 4.79 Å². The number of nitrogens with zero attached hydrogens (tertiary/aromatic N) is 2. The van der Waals surface area contributed by atoms with Crippen LogP contribution >= 0.6 is 0 Å². The minimum Gasteiger partial charge on any atom is -0.479 e. The second-order valence-corrected chi connectivity index (χ2v) is 4.78. The summed E-state index contributed by atoms with van der Waals surface area (Å²) < 4.78 is 5.58. The van der Waals surface area contributed by atoms with Gasteiger partial charge in [0.1, 0.15) is 5.75 Å². The van der Waals surface area contributed by atoms with Gasteiger partial charge in [0, 0.05) is 18.8 Å². The first-order valence-electron chi connectivity index (χ1n) is 6.01. The predicted octanol–water partition coefficient (Wildman–Crippen LogP) is 0.944. The van der Waals surface area contributed by atoms with Crippen LogP contribution in [0.1, 0.15) is 6.92 Å². The van der Waals surface area contributed by atoms with E-state index >= 15 is 0 Å². The van der Waals surface area contributed by atoms with Crippen molar-refractivity contribution in [3.05, 3.63) is 18.2 Å². The van der Waals surface area contributed by atoms with Gasteiger partial charge in [-0.25, -0.2) is 0 Å². The van der Waals surface area contributed by atoms with Crippen molar-refractivity contribution in [2.45, 2.75) is 13.0 Å². The largest absolute Gasteiger partial charge is 0.479 e. The molecule has 18 heavy (non-hydrogen) atoms. The van der Waals surface area contributed by atoms with Crippen LogP contribution in [0.25, 0.3) is 0 Å². The predicted molar refractivity (Wildman–Crippen MR) is 71.9 cm³/mol. The number of likely N-dealkylation sites (N-methyl/N-ethyl adjacent to an activating group) is 1. The maximum atomic E-state index is 12.2. The van der Waals surface area contributed by atoms with Gasteiger partial charge in [-0.15, -0.1) is 0 Å². The Morgan fingerprint density at radius 2 is 2.17 bits per heavy atom. The maximum absolute atomic E-state index is 12.2. The SMILES string of the molecule is CC1Oc2ccc(N)cc2N(CCN(C)C)C1=O. The van der Waals surface area contributed by atoms with Crippen molar-refractivity contribution in [2.24, 2.45) is 0 Å². The van der Waals surface area contributed by atoms with Gasteiger partial charge in [-0.2, -0.15) is 0 Å². The summed E-state index contributed by atoms with van der Waals surface area (Å²) in [6.45, 7) is 3.20. The molecule has 0 radical (unpaired) electrons. The Hall–Kier alpha value is -1.75. The highest BCUT2D eigenvalue weighted by atomic mass is 16.5. The molecule has 0 fully saturated rings. The molecule has 98 valence electrons. The molecular formula is C13H19N3O2. The zero-order valence-electron chi connectivity index (χ0n) is 11.0. The van der Waals surface area contributed by atoms with Crippen LogP contribution in [0.15, 0.2) is 18.2 Å². The number of anilines is 2. The summed E-state index contributed by atoms with van der Waals surface area (Å²) in [5.41, 5.74) is 7.17. The van der Waals surface area contributed by atoms with Crippen LogP contribution < -0.4 is 15.4 Å². The van der Waals surface area contributed by atoms with Crippen molar-refractivity contribution in [3.8, 4) is 5.75 Å². The van der Waals surface area contributed by atoms with Crippen molar-refractivity contribution in [1.29, 1.82) is 0 Å². The minimum atomic E-state index is -0.441. The fraction of sp³-hybridized carbons (Fsp3) is 0.462. The number of hydrogen-bond acceptors (Lipinski definition) is 4. The number of fused-ring (bicyclic) bond motifs is 1. The molecule has 5 heteroatoms. The molecule has 1 unspecified atom stereocenters. The number of carbonyl (C=O) groups excluding carboxylic acids is 1. The van der Waals surface area contributed by atoms with Crippen LogP contribution in [-0.4, -0.2) is 44.1 Å². The number of hydrogen-bond donors (Lipinski definition) is 1. The van der Waals surface area contributed by atoms with Crippen LogP contribution in [0.4, 0.5) is 11.4 Å². The van der Waals surface area contributed by atoms with Crippen LogP contribution in [0.3, 0.4) is 0 Å². The average Bonchev–Trinajstić information content (AvgIpc) is 2.30. The Morgan fingerprint density at radius 1 is 1.44 bits per heavy atom. The van der Waals surface area contributed by atoms with Gasteiger partial charge >= 0.3 is 0 Å². The fourth-order valence-electron chi connectivity index (χ4n) is 1.95. The molecule has 1 aliphatic rings. The van der Waals surface area contributed by atoms with Crippen LogP contribution in [0.5, 0.6) is 5.75 Å². The highest BCUT2D eigenvalue weighted by molar-refractivity contribution is 6.00. The van der Waals surface area contributed by atoms with E-state index in [-0.39, 0.29) is 5.91 Å². The second kappa shape index (κ2) is 4.86. The Morgan fingerprint density at radius 3 is 2.83 bits per heavy atom. The van der Waals surface area contributed by atoms with Gasteiger partial charge in [0.05, 0.1) is 5.69 Å². The molecule has 0 aliphatic carbocycles. The normalized spacial score (nSPS) is 18.8. The first kappa shape index (κ1) is 12.7. The molecule has 1 aromatic rings. The summed E-state index contributed by atoms with van der Waals surface area (Å²) in [4.78, 5) is 15.9. The molecule has 0 saturated carbocycles. The third kappa shape index (κ3) is 2.41. The van der Waals surface area contributed by atoms with Crippen LogP contribution in [0.2, 0.25) is 0 Å². The lowest BCUT2D eigenvalue weighted by atomic mass is 10.1. The van der Waals surface area contributed by atoms with Crippen LogP contribution in [-0.2, 0) is 4.79 Å². The van der Waals surface area contributed by atoms with E-state index in [0.29, 0.717) is 12.2 Å². The van der Waals surface area contributed by atoms with Gasteiger partial charge in [0.2, 0.25) is 0 Å². The Labute approximate surface area is 107 Å². The quantitative estimate of drug-likeness (QED) is 0.810. The van der Waals surface area contributed by atoms with E-state index in [1.807, 2.05) is 25.1 Å². The molecule has 1 amide bonds. The number of amides is 1.